The van der Waals surface area contributed by atoms with Crippen molar-refractivity contribution in [2.45, 2.75) is 25.3 Å². The summed E-state index contributed by atoms with van der Waals surface area (Å²) in [7, 11) is 3.37. The molecule has 0 bridgehead atoms. The highest BCUT2D eigenvalue weighted by atomic mass is 16.5. The van der Waals surface area contributed by atoms with Crippen LogP contribution in [0.1, 0.15) is 35.7 Å². The number of rotatable bonds is 3. The Balaban J connectivity index is 1.78. The van der Waals surface area contributed by atoms with Crippen molar-refractivity contribution in [1.29, 1.82) is 0 Å². The normalized spacial score (nSPS) is 21.3. The number of esters is 1. The fourth-order valence-corrected chi connectivity index (χ4v) is 3.83. The number of methoxy groups -OCH3 is 1. The number of nitrogens with zero attached hydrogens (tertiary/aromatic N) is 2. The number of aliphatic imine (C=N–C) groups is 1. The zero-order chi connectivity index (χ0) is 19.2. The van der Waals surface area contributed by atoms with Crippen LogP contribution in [0, 0.1) is 0 Å². The summed E-state index contributed by atoms with van der Waals surface area (Å²) >= 11 is 0. The smallest absolute Gasteiger partial charge is 0.337 e. The van der Waals surface area contributed by atoms with Crippen LogP contribution < -0.4 is 5.73 Å². The Bertz CT molecular complexity index is 987. The van der Waals surface area contributed by atoms with E-state index in [4.69, 9.17) is 15.5 Å². The van der Waals surface area contributed by atoms with Gasteiger partial charge in [0.1, 0.15) is 5.54 Å². The first-order valence-electron chi connectivity index (χ1n) is 9.05. The standard InChI is InChI=1S/C22H23N3O2/c1-22(19(14-10-11-14)25(2)21(23)24-22)18-9-5-7-16(13-18)15-6-4-8-17(12-15)20(26)27-3/h4-9,12-13H,10-11H2,1-3H3,(H2,23,24). The predicted molar refractivity (Wildman–Crippen MR) is 106 cm³/mol. The number of guanidine groups is 1. The summed E-state index contributed by atoms with van der Waals surface area (Å²) in [5.74, 6) is 0.209. The summed E-state index contributed by atoms with van der Waals surface area (Å²) in [5, 5.41) is 0. The Labute approximate surface area is 159 Å². The average Bonchev–Trinajstić information content (AvgIpc) is 3.48. The number of carbonyl (C=O) groups is 1. The molecule has 1 aliphatic carbocycles. The van der Waals surface area contributed by atoms with Gasteiger partial charge in [-0.25, -0.2) is 9.79 Å². The Morgan fingerprint density at radius 3 is 2.48 bits per heavy atom. The minimum Gasteiger partial charge on any atom is -0.465 e. The van der Waals surface area contributed by atoms with Crippen molar-refractivity contribution in [2.24, 2.45) is 10.7 Å². The van der Waals surface area contributed by atoms with Gasteiger partial charge in [-0.2, -0.15) is 0 Å². The van der Waals surface area contributed by atoms with Crippen LogP contribution >= 0.6 is 0 Å². The van der Waals surface area contributed by atoms with Gasteiger partial charge in [-0.15, -0.1) is 0 Å². The number of likely N-dealkylation sites (N-methyl/N-ethyl adjacent to an activating group) is 1. The van der Waals surface area contributed by atoms with E-state index in [2.05, 4.69) is 19.1 Å². The summed E-state index contributed by atoms with van der Waals surface area (Å²) < 4.78 is 4.84. The highest BCUT2D eigenvalue weighted by Crippen LogP contribution is 2.47. The highest BCUT2D eigenvalue weighted by molar-refractivity contribution is 5.91. The van der Waals surface area contributed by atoms with E-state index in [1.165, 1.54) is 18.4 Å². The van der Waals surface area contributed by atoms with E-state index in [0.717, 1.165) is 29.5 Å². The lowest BCUT2D eigenvalue weighted by Crippen LogP contribution is -2.31. The van der Waals surface area contributed by atoms with Crippen LogP contribution in [-0.4, -0.2) is 31.0 Å². The van der Waals surface area contributed by atoms with E-state index >= 15 is 0 Å². The fourth-order valence-electron chi connectivity index (χ4n) is 3.83. The molecular formula is C22H23N3O2. The highest BCUT2D eigenvalue weighted by Gasteiger charge is 2.43. The van der Waals surface area contributed by atoms with Crippen LogP contribution in [0.15, 0.2) is 64.8 Å². The predicted octanol–water partition coefficient (Wildman–Crippen LogP) is 3.66. The number of hydrogen-bond donors (Lipinski definition) is 1. The van der Waals surface area contributed by atoms with Crippen molar-refractivity contribution < 1.29 is 9.53 Å². The molecule has 1 heterocycles. The molecule has 1 saturated carbocycles. The second-order valence-corrected chi connectivity index (χ2v) is 7.21. The van der Waals surface area contributed by atoms with Gasteiger partial charge in [-0.05, 0) is 60.2 Å². The zero-order valence-corrected chi connectivity index (χ0v) is 15.8. The second-order valence-electron chi connectivity index (χ2n) is 7.21. The van der Waals surface area contributed by atoms with Gasteiger partial charge in [-0.3, -0.25) is 0 Å². The van der Waals surface area contributed by atoms with Crippen molar-refractivity contribution in [3.05, 3.63) is 70.9 Å². The summed E-state index contributed by atoms with van der Waals surface area (Å²) in [5.41, 5.74) is 11.9. The summed E-state index contributed by atoms with van der Waals surface area (Å²) in [6.07, 6.45) is 2.22. The molecule has 1 aliphatic heterocycles. The Hall–Kier alpha value is -3.08. The number of carbonyl (C=O) groups excluding carboxylic acids is 1. The molecular weight excluding hydrogens is 338 g/mol. The molecule has 2 aliphatic rings. The van der Waals surface area contributed by atoms with Gasteiger partial charge in [0.05, 0.1) is 18.4 Å². The maximum Gasteiger partial charge on any atom is 0.337 e. The van der Waals surface area contributed by atoms with E-state index < -0.39 is 5.54 Å². The Kier molecular flexibility index (Phi) is 4.02. The largest absolute Gasteiger partial charge is 0.465 e. The van der Waals surface area contributed by atoms with Gasteiger partial charge in [0.25, 0.3) is 0 Å². The molecule has 2 N–H and O–H groups in total. The molecule has 5 heteroatoms. The number of ether oxygens (including phenoxy) is 1. The van der Waals surface area contributed by atoms with Crippen LogP contribution in [0.4, 0.5) is 0 Å². The van der Waals surface area contributed by atoms with Crippen molar-refractivity contribution >= 4 is 11.9 Å². The van der Waals surface area contributed by atoms with E-state index in [1.54, 1.807) is 6.07 Å². The van der Waals surface area contributed by atoms with E-state index in [1.807, 2.05) is 42.3 Å². The van der Waals surface area contributed by atoms with Gasteiger partial charge < -0.3 is 15.4 Å². The Morgan fingerprint density at radius 2 is 1.81 bits per heavy atom. The van der Waals surface area contributed by atoms with E-state index in [9.17, 15) is 4.79 Å². The topological polar surface area (TPSA) is 67.9 Å². The van der Waals surface area contributed by atoms with Crippen LogP contribution in [0.5, 0.6) is 0 Å². The lowest BCUT2D eigenvalue weighted by molar-refractivity contribution is 0.0601. The maximum atomic E-state index is 11.9. The zero-order valence-electron chi connectivity index (χ0n) is 15.8. The molecule has 1 fully saturated rings. The molecule has 0 radical (unpaired) electrons. The quantitative estimate of drug-likeness (QED) is 0.847. The van der Waals surface area contributed by atoms with Crippen molar-refractivity contribution in [3.8, 4) is 11.1 Å². The number of nitrogens with two attached hydrogens (primary N) is 1. The number of benzene rings is 2. The lowest BCUT2D eigenvalue weighted by Gasteiger charge is -2.27. The maximum absolute atomic E-state index is 11.9. The van der Waals surface area contributed by atoms with Gasteiger partial charge >= 0.3 is 5.97 Å². The lowest BCUT2D eigenvalue weighted by atomic mass is 9.87. The number of allylic oxidation sites excluding steroid dienone is 1. The second kappa shape index (κ2) is 6.27. The summed E-state index contributed by atoms with van der Waals surface area (Å²) in [4.78, 5) is 18.7. The molecule has 0 spiro atoms. The van der Waals surface area contributed by atoms with Gasteiger partial charge in [-0.1, -0.05) is 30.3 Å². The van der Waals surface area contributed by atoms with E-state index in [-0.39, 0.29) is 5.97 Å². The van der Waals surface area contributed by atoms with Crippen LogP contribution in [-0.2, 0) is 10.3 Å². The average molecular weight is 361 g/mol. The molecule has 4 rings (SSSR count). The molecule has 0 amide bonds. The van der Waals surface area contributed by atoms with Crippen molar-refractivity contribution in [3.63, 3.8) is 0 Å². The third kappa shape index (κ3) is 2.89. The minimum absolute atomic E-state index is 0.337. The molecule has 2 aromatic rings. The molecule has 1 atom stereocenters. The third-order valence-electron chi connectivity index (χ3n) is 5.35. The monoisotopic (exact) mass is 361 g/mol. The summed E-state index contributed by atoms with van der Waals surface area (Å²) in [6.45, 7) is 2.12. The van der Waals surface area contributed by atoms with Crippen LogP contribution in [0.25, 0.3) is 11.1 Å². The van der Waals surface area contributed by atoms with Gasteiger partial charge in [0, 0.05) is 7.05 Å². The SMILES string of the molecule is COC(=O)c1cccc(-c2cccc(C3(C)N=C(N)N(C)C3=C3CC3)c2)c1. The molecule has 0 saturated heterocycles. The first-order valence-corrected chi connectivity index (χ1v) is 9.05. The Morgan fingerprint density at radius 1 is 1.15 bits per heavy atom. The first-order chi connectivity index (χ1) is 12.9. The van der Waals surface area contributed by atoms with Crippen molar-refractivity contribution in [1.82, 2.24) is 4.90 Å². The van der Waals surface area contributed by atoms with Gasteiger partial charge in [0.2, 0.25) is 0 Å². The van der Waals surface area contributed by atoms with E-state index in [0.29, 0.717) is 11.5 Å². The van der Waals surface area contributed by atoms with Crippen molar-refractivity contribution in [2.75, 3.05) is 14.2 Å². The summed E-state index contributed by atoms with van der Waals surface area (Å²) in [6, 6.07) is 15.8. The molecule has 2 aromatic carbocycles. The first kappa shape index (κ1) is 17.3. The molecule has 138 valence electrons. The molecule has 1 unspecified atom stereocenters. The minimum atomic E-state index is -0.485. The molecule has 27 heavy (non-hydrogen) atoms. The third-order valence-corrected chi connectivity index (χ3v) is 5.35. The molecule has 0 aromatic heterocycles. The fraction of sp³-hybridized carbons (Fsp3) is 0.273. The molecule has 5 nitrogen and oxygen atoms in total. The van der Waals surface area contributed by atoms with Crippen LogP contribution in [0.3, 0.4) is 0 Å². The van der Waals surface area contributed by atoms with Gasteiger partial charge in [0.15, 0.2) is 5.96 Å². The van der Waals surface area contributed by atoms with Crippen LogP contribution in [0.2, 0.25) is 0 Å². The number of hydrogen-bond acceptors (Lipinski definition) is 5.